The normalized spacial score (nSPS) is 19.0. The Balaban J connectivity index is 2.13. The van der Waals surface area contributed by atoms with Crippen molar-refractivity contribution in [3.05, 3.63) is 29.6 Å². The topological polar surface area (TPSA) is 73.7 Å². The number of nitrogens with zero attached hydrogens (tertiary/aromatic N) is 3. The summed E-state index contributed by atoms with van der Waals surface area (Å²) in [5.41, 5.74) is 0.902. The zero-order valence-corrected chi connectivity index (χ0v) is 13.3. The van der Waals surface area contributed by atoms with E-state index in [1.807, 2.05) is 4.90 Å². The summed E-state index contributed by atoms with van der Waals surface area (Å²) >= 11 is 0. The van der Waals surface area contributed by atoms with Gasteiger partial charge in [0, 0.05) is 25.8 Å². The highest BCUT2D eigenvalue weighted by molar-refractivity contribution is 5.96. The van der Waals surface area contributed by atoms with Crippen molar-refractivity contribution in [3.8, 4) is 0 Å². The summed E-state index contributed by atoms with van der Waals surface area (Å²) in [6, 6.07) is 2.74. The summed E-state index contributed by atoms with van der Waals surface area (Å²) in [5, 5.41) is 9.15. The van der Waals surface area contributed by atoms with Gasteiger partial charge in [-0.3, -0.25) is 14.6 Å². The summed E-state index contributed by atoms with van der Waals surface area (Å²) in [4.78, 5) is 32.4. The van der Waals surface area contributed by atoms with Gasteiger partial charge in [-0.2, -0.15) is 0 Å². The zero-order valence-electron chi connectivity index (χ0n) is 13.3. The molecule has 0 radical (unpaired) electrons. The van der Waals surface area contributed by atoms with Gasteiger partial charge in [-0.15, -0.1) is 0 Å². The number of aromatic nitrogens is 1. The molecule has 0 saturated carbocycles. The Kier molecular flexibility index (Phi) is 5.13. The number of rotatable bonds is 4. The number of aliphatic hydroxyl groups is 1. The highest BCUT2D eigenvalue weighted by atomic mass is 16.3. The maximum atomic E-state index is 12.6. The van der Waals surface area contributed by atoms with Crippen molar-refractivity contribution >= 4 is 11.8 Å². The summed E-state index contributed by atoms with van der Waals surface area (Å²) in [6.45, 7) is 7.52. The fourth-order valence-electron chi connectivity index (χ4n) is 2.67. The molecule has 1 fully saturated rings. The molecule has 2 heterocycles. The monoisotopic (exact) mass is 305 g/mol. The lowest BCUT2D eigenvalue weighted by Crippen LogP contribution is -2.58. The van der Waals surface area contributed by atoms with Gasteiger partial charge in [-0.1, -0.05) is 13.8 Å². The largest absolute Gasteiger partial charge is 0.392 e. The van der Waals surface area contributed by atoms with E-state index >= 15 is 0 Å². The summed E-state index contributed by atoms with van der Waals surface area (Å²) < 4.78 is 0. The average molecular weight is 305 g/mol. The van der Waals surface area contributed by atoms with Crippen LogP contribution in [-0.4, -0.2) is 57.4 Å². The molecule has 120 valence electrons. The third-order valence-corrected chi connectivity index (χ3v) is 3.82. The van der Waals surface area contributed by atoms with Gasteiger partial charge in [0.2, 0.25) is 5.91 Å². The number of hydrogen-bond acceptors (Lipinski definition) is 4. The molecule has 1 aromatic rings. The predicted molar refractivity (Wildman–Crippen MR) is 82.1 cm³/mol. The van der Waals surface area contributed by atoms with Crippen LogP contribution in [0, 0.1) is 5.92 Å². The second-order valence-electron chi connectivity index (χ2n) is 6.06. The Labute approximate surface area is 130 Å². The maximum Gasteiger partial charge on any atom is 0.273 e. The lowest BCUT2D eigenvalue weighted by molar-refractivity contribution is -0.140. The summed E-state index contributed by atoms with van der Waals surface area (Å²) in [5.74, 6) is 0.119. The van der Waals surface area contributed by atoms with Gasteiger partial charge in [0.05, 0.1) is 6.61 Å². The molecular formula is C16H23N3O3. The first kappa shape index (κ1) is 16.4. The first-order valence-electron chi connectivity index (χ1n) is 7.59. The van der Waals surface area contributed by atoms with Crippen molar-refractivity contribution in [1.29, 1.82) is 0 Å². The van der Waals surface area contributed by atoms with E-state index in [1.54, 1.807) is 24.0 Å². The number of piperazine rings is 1. The van der Waals surface area contributed by atoms with Gasteiger partial charge >= 0.3 is 0 Å². The summed E-state index contributed by atoms with van der Waals surface area (Å²) in [7, 11) is 0. The highest BCUT2D eigenvalue weighted by Gasteiger charge is 2.35. The summed E-state index contributed by atoms with van der Waals surface area (Å²) in [6.07, 6.45) is 1.50. The Hall–Kier alpha value is -1.95. The Morgan fingerprint density at radius 2 is 2.18 bits per heavy atom. The predicted octanol–water partition coefficient (Wildman–Crippen LogP) is 0.903. The van der Waals surface area contributed by atoms with E-state index < -0.39 is 6.04 Å². The van der Waals surface area contributed by atoms with Crippen molar-refractivity contribution in [2.24, 2.45) is 5.92 Å². The van der Waals surface area contributed by atoms with Crippen LogP contribution in [0.15, 0.2) is 18.3 Å². The van der Waals surface area contributed by atoms with Crippen molar-refractivity contribution in [3.63, 3.8) is 0 Å². The maximum absolute atomic E-state index is 12.6. The second kappa shape index (κ2) is 6.87. The smallest absolute Gasteiger partial charge is 0.273 e. The lowest BCUT2D eigenvalue weighted by Gasteiger charge is -2.39. The zero-order chi connectivity index (χ0) is 16.3. The second-order valence-corrected chi connectivity index (χ2v) is 6.06. The molecule has 1 atom stereocenters. The van der Waals surface area contributed by atoms with Crippen LogP contribution in [0.1, 0.15) is 36.8 Å². The molecule has 1 N–H and O–H groups in total. The van der Waals surface area contributed by atoms with Crippen LogP contribution in [0.2, 0.25) is 0 Å². The van der Waals surface area contributed by atoms with Gasteiger partial charge in [0.1, 0.15) is 11.7 Å². The van der Waals surface area contributed by atoms with E-state index in [9.17, 15) is 9.59 Å². The quantitative estimate of drug-likeness (QED) is 0.897. The number of carbonyl (C=O) groups is 2. The lowest BCUT2D eigenvalue weighted by atomic mass is 10.1. The van der Waals surface area contributed by atoms with Gasteiger partial charge in [-0.05, 0) is 30.5 Å². The molecule has 0 aliphatic carbocycles. The molecule has 6 heteroatoms. The highest BCUT2D eigenvalue weighted by Crippen LogP contribution is 2.16. The minimum absolute atomic E-state index is 0.0217. The van der Waals surface area contributed by atoms with Gasteiger partial charge in [0.15, 0.2) is 0 Å². The number of hydrogen-bond donors (Lipinski definition) is 1. The number of amides is 2. The van der Waals surface area contributed by atoms with Gasteiger partial charge in [0.25, 0.3) is 5.91 Å². The molecule has 22 heavy (non-hydrogen) atoms. The minimum Gasteiger partial charge on any atom is -0.392 e. The van der Waals surface area contributed by atoms with Crippen LogP contribution >= 0.6 is 0 Å². The van der Waals surface area contributed by atoms with Crippen LogP contribution in [0.25, 0.3) is 0 Å². The van der Waals surface area contributed by atoms with Crippen LogP contribution in [0.5, 0.6) is 0 Å². The molecule has 0 spiro atoms. The molecule has 0 aromatic carbocycles. The van der Waals surface area contributed by atoms with Crippen LogP contribution < -0.4 is 0 Å². The number of pyridine rings is 1. The molecular weight excluding hydrogens is 282 g/mol. The van der Waals surface area contributed by atoms with Gasteiger partial charge < -0.3 is 14.9 Å². The Morgan fingerprint density at radius 1 is 1.45 bits per heavy atom. The Morgan fingerprint density at radius 3 is 2.82 bits per heavy atom. The number of carbonyl (C=O) groups excluding carboxylic acids is 2. The molecule has 0 bridgehead atoms. The van der Waals surface area contributed by atoms with Crippen molar-refractivity contribution in [2.45, 2.75) is 33.4 Å². The van der Waals surface area contributed by atoms with Crippen molar-refractivity contribution in [1.82, 2.24) is 14.8 Å². The van der Waals surface area contributed by atoms with Crippen LogP contribution in [0.3, 0.4) is 0 Å². The van der Waals surface area contributed by atoms with E-state index in [0.29, 0.717) is 31.1 Å². The molecule has 1 aromatic heterocycles. The first-order chi connectivity index (χ1) is 10.4. The van der Waals surface area contributed by atoms with E-state index in [1.165, 1.54) is 6.20 Å². The minimum atomic E-state index is -0.486. The molecule has 1 aliphatic rings. The first-order valence-corrected chi connectivity index (χ1v) is 7.59. The molecule has 1 saturated heterocycles. The number of aliphatic hydroxyl groups excluding tert-OH is 1. The van der Waals surface area contributed by atoms with E-state index in [4.69, 9.17) is 5.11 Å². The van der Waals surface area contributed by atoms with E-state index in [0.717, 1.165) is 0 Å². The van der Waals surface area contributed by atoms with Crippen molar-refractivity contribution in [2.75, 3.05) is 19.6 Å². The fraction of sp³-hybridized carbons (Fsp3) is 0.562. The van der Waals surface area contributed by atoms with Crippen LogP contribution in [0.4, 0.5) is 0 Å². The standard InChI is InChI=1S/C16H23N3O3/c1-11(2)9-18-6-7-19(12(3)15(18)21)16(22)14-8-13(10-20)4-5-17-14/h4-5,8,11-12,20H,6-7,9-10H2,1-3H3. The molecule has 2 rings (SSSR count). The van der Waals surface area contributed by atoms with Gasteiger partial charge in [-0.25, -0.2) is 0 Å². The molecule has 1 unspecified atom stereocenters. The fourth-order valence-corrected chi connectivity index (χ4v) is 2.67. The third-order valence-electron chi connectivity index (χ3n) is 3.82. The molecule has 6 nitrogen and oxygen atoms in total. The third kappa shape index (κ3) is 3.44. The SMILES string of the molecule is CC(C)CN1CCN(C(=O)c2cc(CO)ccn2)C(C)C1=O. The van der Waals surface area contributed by atoms with E-state index in [-0.39, 0.29) is 24.1 Å². The van der Waals surface area contributed by atoms with E-state index in [2.05, 4.69) is 18.8 Å². The average Bonchev–Trinajstić information content (AvgIpc) is 2.51. The molecule has 2 amide bonds. The molecule has 1 aliphatic heterocycles. The Bertz CT molecular complexity index is 559. The van der Waals surface area contributed by atoms with Crippen molar-refractivity contribution < 1.29 is 14.7 Å². The van der Waals surface area contributed by atoms with Crippen LogP contribution in [-0.2, 0) is 11.4 Å².